The van der Waals surface area contributed by atoms with Gasteiger partial charge in [-0.05, 0) is 38.1 Å². The lowest BCUT2D eigenvalue weighted by molar-refractivity contribution is -0.138. The van der Waals surface area contributed by atoms with Gasteiger partial charge in [0.05, 0.1) is 28.1 Å². The maximum atomic E-state index is 13.4. The molecule has 2 rings (SSSR count). The number of carbonyl (C=O) groups excluding carboxylic acids is 1. The molecule has 2 aromatic rings. The number of hydrogen-bond donors (Lipinski definition) is 0. The second-order valence-corrected chi connectivity index (χ2v) is 5.53. The Labute approximate surface area is 139 Å². The number of nitrogens with zero attached hydrogens (tertiary/aromatic N) is 2. The molecule has 23 heavy (non-hydrogen) atoms. The highest BCUT2D eigenvalue weighted by molar-refractivity contribution is 9.09. The van der Waals surface area contributed by atoms with E-state index in [9.17, 15) is 18.0 Å². The van der Waals surface area contributed by atoms with Gasteiger partial charge < -0.3 is 4.57 Å². The summed E-state index contributed by atoms with van der Waals surface area (Å²) in [5.41, 5.74) is -0.185. The Morgan fingerprint density at radius 2 is 1.78 bits per heavy atom. The molecule has 1 aromatic heterocycles. The zero-order chi connectivity index (χ0) is 17.4. The average Bonchev–Trinajstić information content (AvgIpc) is 2.77. The molecule has 0 fully saturated rings. The Morgan fingerprint density at radius 3 is 2.22 bits per heavy atom. The molecular formula is C16H12BrF3N2O. The number of aromatic nitrogens is 1. The molecule has 120 valence electrons. The highest BCUT2D eigenvalue weighted by atomic mass is 79.9. The second kappa shape index (κ2) is 6.20. The first-order valence-electron chi connectivity index (χ1n) is 6.61. The molecule has 0 radical (unpaired) electrons. The maximum absolute atomic E-state index is 13.4. The van der Waals surface area contributed by atoms with Crippen LogP contribution in [-0.4, -0.2) is 15.7 Å². The molecule has 0 spiro atoms. The number of halogens is 4. The molecule has 0 bridgehead atoms. The van der Waals surface area contributed by atoms with Crippen molar-refractivity contribution in [2.75, 3.05) is 5.33 Å². The number of carbonyl (C=O) groups is 1. The number of hydrogen-bond acceptors (Lipinski definition) is 2. The van der Waals surface area contributed by atoms with Crippen LogP contribution >= 0.6 is 15.9 Å². The summed E-state index contributed by atoms with van der Waals surface area (Å²) in [6.45, 7) is 2.81. The summed E-state index contributed by atoms with van der Waals surface area (Å²) in [5.74, 6) is -0.620. The van der Waals surface area contributed by atoms with Crippen LogP contribution in [0.4, 0.5) is 13.2 Å². The van der Waals surface area contributed by atoms with E-state index in [1.165, 1.54) is 30.5 Å². The molecule has 1 heterocycles. The van der Waals surface area contributed by atoms with Crippen LogP contribution in [-0.2, 0) is 6.18 Å². The van der Waals surface area contributed by atoms with Gasteiger partial charge in [-0.15, -0.1) is 0 Å². The van der Waals surface area contributed by atoms with Gasteiger partial charge in [0, 0.05) is 17.1 Å². The Bertz CT molecular complexity index is 799. The Balaban J connectivity index is 2.77. The molecule has 0 atom stereocenters. The van der Waals surface area contributed by atoms with Gasteiger partial charge in [0.2, 0.25) is 0 Å². The number of nitriles is 1. The van der Waals surface area contributed by atoms with Crippen LogP contribution in [0.15, 0.2) is 24.3 Å². The van der Waals surface area contributed by atoms with Crippen molar-refractivity contribution in [3.8, 4) is 11.8 Å². The van der Waals surface area contributed by atoms with Gasteiger partial charge in [-0.2, -0.15) is 18.4 Å². The topological polar surface area (TPSA) is 45.8 Å². The normalized spacial score (nSPS) is 11.3. The molecule has 0 saturated carbocycles. The molecule has 1 aromatic carbocycles. The first-order valence-corrected chi connectivity index (χ1v) is 7.73. The van der Waals surface area contributed by atoms with Crippen LogP contribution in [0, 0.1) is 25.2 Å². The van der Waals surface area contributed by atoms with E-state index in [1.54, 1.807) is 12.1 Å². The van der Waals surface area contributed by atoms with Gasteiger partial charge >= 0.3 is 6.18 Å². The minimum absolute atomic E-state index is 0.0518. The largest absolute Gasteiger partial charge is 0.418 e. The van der Waals surface area contributed by atoms with Crippen molar-refractivity contribution in [3.63, 3.8) is 0 Å². The highest BCUT2D eigenvalue weighted by Crippen LogP contribution is 2.39. The van der Waals surface area contributed by atoms with Crippen molar-refractivity contribution in [1.82, 2.24) is 4.57 Å². The molecule has 0 saturated heterocycles. The third-order valence-corrected chi connectivity index (χ3v) is 4.09. The van der Waals surface area contributed by atoms with Crippen LogP contribution in [0.25, 0.3) is 5.69 Å². The summed E-state index contributed by atoms with van der Waals surface area (Å²) < 4.78 is 41.6. The molecule has 0 unspecified atom stereocenters. The highest BCUT2D eigenvalue weighted by Gasteiger charge is 2.40. The third-order valence-electron chi connectivity index (χ3n) is 3.58. The predicted octanol–water partition coefficient (Wildman–Crippen LogP) is 4.56. The summed E-state index contributed by atoms with van der Waals surface area (Å²) in [6, 6.07) is 8.11. The smallest absolute Gasteiger partial charge is 0.317 e. The zero-order valence-corrected chi connectivity index (χ0v) is 13.9. The zero-order valence-electron chi connectivity index (χ0n) is 12.3. The summed E-state index contributed by atoms with van der Waals surface area (Å²) in [7, 11) is 0. The SMILES string of the molecule is Cc1c(C(=O)CBr)c(C(F)(F)F)c(C)n1-c1ccc(C#N)cc1. The number of ketones is 1. The lowest BCUT2D eigenvalue weighted by atomic mass is 10.1. The van der Waals surface area contributed by atoms with Gasteiger partial charge in [0.25, 0.3) is 0 Å². The van der Waals surface area contributed by atoms with E-state index in [1.807, 2.05) is 6.07 Å². The van der Waals surface area contributed by atoms with Crippen molar-refractivity contribution in [2.45, 2.75) is 20.0 Å². The number of rotatable bonds is 3. The number of alkyl halides is 4. The van der Waals surface area contributed by atoms with E-state index in [2.05, 4.69) is 15.9 Å². The van der Waals surface area contributed by atoms with E-state index < -0.39 is 17.5 Å². The summed E-state index contributed by atoms with van der Waals surface area (Å²) in [5, 5.41) is 8.63. The van der Waals surface area contributed by atoms with Crippen molar-refractivity contribution < 1.29 is 18.0 Å². The molecule has 3 nitrogen and oxygen atoms in total. The van der Waals surface area contributed by atoms with E-state index >= 15 is 0 Å². The Morgan fingerprint density at radius 1 is 1.22 bits per heavy atom. The van der Waals surface area contributed by atoms with Gasteiger partial charge in [-0.25, -0.2) is 0 Å². The van der Waals surface area contributed by atoms with E-state index in [0.717, 1.165) is 0 Å². The van der Waals surface area contributed by atoms with E-state index in [0.29, 0.717) is 11.3 Å². The molecule has 0 aliphatic heterocycles. The fraction of sp³-hybridized carbons (Fsp3) is 0.250. The van der Waals surface area contributed by atoms with Crippen LogP contribution in [0.2, 0.25) is 0 Å². The lowest BCUT2D eigenvalue weighted by Gasteiger charge is -2.11. The third kappa shape index (κ3) is 3.04. The minimum Gasteiger partial charge on any atom is -0.317 e. The quantitative estimate of drug-likeness (QED) is 0.574. The van der Waals surface area contributed by atoms with Gasteiger partial charge in [-0.1, -0.05) is 15.9 Å². The number of Topliss-reactive ketones (excluding diaryl/α,β-unsaturated/α-hetero) is 1. The first kappa shape index (κ1) is 17.3. The Kier molecular flexibility index (Phi) is 4.66. The molecular weight excluding hydrogens is 373 g/mol. The average molecular weight is 385 g/mol. The van der Waals surface area contributed by atoms with Crippen molar-refractivity contribution in [3.05, 3.63) is 52.3 Å². The number of benzene rings is 1. The van der Waals surface area contributed by atoms with Crippen LogP contribution in [0.3, 0.4) is 0 Å². The van der Waals surface area contributed by atoms with Crippen LogP contribution < -0.4 is 0 Å². The molecule has 0 N–H and O–H groups in total. The fourth-order valence-corrected chi connectivity index (χ4v) is 2.94. The van der Waals surface area contributed by atoms with E-state index in [-0.39, 0.29) is 22.3 Å². The van der Waals surface area contributed by atoms with Gasteiger partial charge in [-0.3, -0.25) is 4.79 Å². The minimum atomic E-state index is -4.63. The molecule has 0 aliphatic carbocycles. The van der Waals surface area contributed by atoms with Crippen LogP contribution in [0.1, 0.15) is 32.9 Å². The van der Waals surface area contributed by atoms with Gasteiger partial charge in [0.1, 0.15) is 0 Å². The summed E-state index contributed by atoms with van der Waals surface area (Å²) >= 11 is 2.93. The molecule has 0 amide bonds. The standard InChI is InChI=1S/C16H12BrF3N2O/c1-9-14(13(23)7-17)15(16(18,19)20)10(2)22(9)12-5-3-11(8-21)4-6-12/h3-6H,7H2,1-2H3. The van der Waals surface area contributed by atoms with Crippen molar-refractivity contribution >= 4 is 21.7 Å². The van der Waals surface area contributed by atoms with Gasteiger partial charge in [0.15, 0.2) is 5.78 Å². The van der Waals surface area contributed by atoms with Crippen molar-refractivity contribution in [1.29, 1.82) is 5.26 Å². The predicted molar refractivity (Wildman–Crippen MR) is 83.1 cm³/mol. The first-order chi connectivity index (χ1) is 10.7. The van der Waals surface area contributed by atoms with Crippen LogP contribution in [0.5, 0.6) is 0 Å². The molecule has 7 heteroatoms. The Hall–Kier alpha value is -2.07. The monoisotopic (exact) mass is 384 g/mol. The van der Waals surface area contributed by atoms with Crippen molar-refractivity contribution in [2.24, 2.45) is 0 Å². The van der Waals surface area contributed by atoms with E-state index in [4.69, 9.17) is 5.26 Å². The summed E-state index contributed by atoms with van der Waals surface area (Å²) in [4.78, 5) is 12.0. The maximum Gasteiger partial charge on any atom is 0.418 e. The summed E-state index contributed by atoms with van der Waals surface area (Å²) in [6.07, 6.45) is -4.63. The molecule has 0 aliphatic rings. The fourth-order valence-electron chi connectivity index (χ4n) is 2.66. The second-order valence-electron chi connectivity index (χ2n) is 4.97. The lowest BCUT2D eigenvalue weighted by Crippen LogP contribution is -2.13.